The predicted octanol–water partition coefficient (Wildman–Crippen LogP) is 2.86. The lowest BCUT2D eigenvalue weighted by atomic mass is 10.3. The summed E-state index contributed by atoms with van der Waals surface area (Å²) in [6.45, 7) is 6.09. The van der Waals surface area contributed by atoms with Crippen LogP contribution in [0.2, 0.25) is 0 Å². The van der Waals surface area contributed by atoms with Crippen molar-refractivity contribution in [2.24, 2.45) is 0 Å². The Hall–Kier alpha value is -1.71. The molecule has 4 nitrogen and oxygen atoms in total. The lowest BCUT2D eigenvalue weighted by Gasteiger charge is -2.06. The number of nitrogens with one attached hydrogen (secondary N) is 1. The molecule has 0 unspecified atom stereocenters. The third-order valence-corrected chi connectivity index (χ3v) is 1.47. The molecular weight excluding hydrogens is 192 g/mol. The zero-order valence-electron chi connectivity index (χ0n) is 9.41. The van der Waals surface area contributed by atoms with Gasteiger partial charge in [-0.05, 0) is 19.1 Å². The number of hydrogen-bond acceptors (Lipinski definition) is 3. The fraction of sp³-hybridized carbons (Fsp3) is 0.364. The van der Waals surface area contributed by atoms with Crippen LogP contribution in [0.4, 0.5) is 16.2 Å². The summed E-state index contributed by atoms with van der Waals surface area (Å²) in [7, 11) is 0. The highest BCUT2D eigenvalue weighted by molar-refractivity contribution is 5.88. The molecule has 0 spiro atoms. The van der Waals surface area contributed by atoms with Crippen LogP contribution in [0.5, 0.6) is 0 Å². The fourth-order valence-electron chi connectivity index (χ4n) is 0.888. The van der Waals surface area contributed by atoms with Crippen LogP contribution in [0, 0.1) is 0 Å². The molecule has 15 heavy (non-hydrogen) atoms. The summed E-state index contributed by atoms with van der Waals surface area (Å²) in [5.41, 5.74) is 6.69. The Morgan fingerprint density at radius 1 is 1.40 bits per heavy atom. The van der Waals surface area contributed by atoms with Gasteiger partial charge in [0, 0.05) is 0 Å². The average molecular weight is 210 g/mol. The normalized spacial score (nSPS) is 8.47. The number of rotatable bonds is 2. The number of ether oxygens (including phenoxy) is 1. The molecule has 4 heteroatoms. The second-order valence-electron chi connectivity index (χ2n) is 2.43. The van der Waals surface area contributed by atoms with E-state index in [1.54, 1.807) is 31.2 Å². The quantitative estimate of drug-likeness (QED) is 0.738. The maximum atomic E-state index is 11.0. The Morgan fingerprint density at radius 3 is 2.53 bits per heavy atom. The summed E-state index contributed by atoms with van der Waals surface area (Å²) in [4.78, 5) is 11.0. The van der Waals surface area contributed by atoms with E-state index in [2.05, 4.69) is 5.32 Å². The highest BCUT2D eigenvalue weighted by atomic mass is 16.5. The van der Waals surface area contributed by atoms with E-state index in [4.69, 9.17) is 10.5 Å². The fourth-order valence-corrected chi connectivity index (χ4v) is 0.888. The van der Waals surface area contributed by atoms with Crippen molar-refractivity contribution in [3.63, 3.8) is 0 Å². The summed E-state index contributed by atoms with van der Waals surface area (Å²) < 4.78 is 4.70. The zero-order chi connectivity index (χ0) is 11.7. The highest BCUT2D eigenvalue weighted by Gasteiger charge is 2.03. The number of carbonyl (C=O) groups excluding carboxylic acids is 1. The predicted molar refractivity (Wildman–Crippen MR) is 62.8 cm³/mol. The van der Waals surface area contributed by atoms with Gasteiger partial charge >= 0.3 is 6.09 Å². The maximum Gasteiger partial charge on any atom is 0.411 e. The van der Waals surface area contributed by atoms with Crippen molar-refractivity contribution in [3.05, 3.63) is 24.3 Å². The van der Waals surface area contributed by atoms with Gasteiger partial charge in [0.25, 0.3) is 0 Å². The molecule has 3 N–H and O–H groups in total. The molecule has 0 aromatic heterocycles. The van der Waals surface area contributed by atoms with Crippen LogP contribution in [0.3, 0.4) is 0 Å². The van der Waals surface area contributed by atoms with Crippen molar-refractivity contribution in [3.8, 4) is 0 Å². The van der Waals surface area contributed by atoms with E-state index in [1.807, 2.05) is 13.8 Å². The Kier molecular flexibility index (Phi) is 6.80. The first-order valence-corrected chi connectivity index (χ1v) is 5.02. The van der Waals surface area contributed by atoms with Crippen LogP contribution in [-0.4, -0.2) is 12.7 Å². The van der Waals surface area contributed by atoms with Crippen molar-refractivity contribution in [1.29, 1.82) is 0 Å². The lowest BCUT2D eigenvalue weighted by Crippen LogP contribution is -2.14. The van der Waals surface area contributed by atoms with Gasteiger partial charge in [0.1, 0.15) is 0 Å². The first-order valence-electron chi connectivity index (χ1n) is 5.02. The van der Waals surface area contributed by atoms with E-state index in [9.17, 15) is 4.79 Å². The molecule has 1 aromatic carbocycles. The topological polar surface area (TPSA) is 64.3 Å². The molecule has 0 heterocycles. The first kappa shape index (κ1) is 13.3. The summed E-state index contributed by atoms with van der Waals surface area (Å²) in [6.07, 6.45) is -0.486. The monoisotopic (exact) mass is 210 g/mol. The van der Waals surface area contributed by atoms with Crippen molar-refractivity contribution < 1.29 is 9.53 Å². The smallest absolute Gasteiger partial charge is 0.411 e. The van der Waals surface area contributed by atoms with Crippen molar-refractivity contribution in [2.45, 2.75) is 20.8 Å². The van der Waals surface area contributed by atoms with Gasteiger partial charge in [0.2, 0.25) is 0 Å². The molecule has 0 aliphatic heterocycles. The Labute approximate surface area is 90.4 Å². The zero-order valence-corrected chi connectivity index (χ0v) is 9.41. The minimum absolute atomic E-state index is 0.346. The molecule has 0 radical (unpaired) electrons. The second kappa shape index (κ2) is 7.67. The van der Waals surface area contributed by atoms with Crippen LogP contribution in [0.15, 0.2) is 24.3 Å². The number of nitrogen functional groups attached to an aromatic ring is 1. The van der Waals surface area contributed by atoms with E-state index in [0.29, 0.717) is 18.0 Å². The average Bonchev–Trinajstić information content (AvgIpc) is 2.25. The van der Waals surface area contributed by atoms with Gasteiger partial charge in [0.05, 0.1) is 18.0 Å². The molecule has 0 aliphatic rings. The van der Waals surface area contributed by atoms with E-state index < -0.39 is 6.09 Å². The Morgan fingerprint density at radius 2 is 2.00 bits per heavy atom. The summed E-state index contributed by atoms with van der Waals surface area (Å²) in [5.74, 6) is 0. The van der Waals surface area contributed by atoms with Gasteiger partial charge < -0.3 is 10.5 Å². The van der Waals surface area contributed by atoms with E-state index >= 15 is 0 Å². The Bertz CT molecular complexity index is 300. The molecule has 0 fully saturated rings. The second-order valence-corrected chi connectivity index (χ2v) is 2.43. The number of amides is 1. The van der Waals surface area contributed by atoms with Crippen LogP contribution in [-0.2, 0) is 4.74 Å². The molecule has 1 aromatic rings. The largest absolute Gasteiger partial charge is 0.450 e. The number of nitrogens with two attached hydrogens (primary N) is 1. The minimum Gasteiger partial charge on any atom is -0.450 e. The van der Waals surface area contributed by atoms with Crippen molar-refractivity contribution >= 4 is 17.5 Å². The lowest BCUT2D eigenvalue weighted by molar-refractivity contribution is 0.168. The third-order valence-electron chi connectivity index (χ3n) is 1.47. The Balaban J connectivity index is 0.000000921. The van der Waals surface area contributed by atoms with Gasteiger partial charge in [-0.3, -0.25) is 5.32 Å². The molecule has 0 aliphatic carbocycles. The highest BCUT2D eigenvalue weighted by Crippen LogP contribution is 2.16. The van der Waals surface area contributed by atoms with Gasteiger partial charge in [0.15, 0.2) is 0 Å². The molecule has 1 amide bonds. The molecule has 0 saturated carbocycles. The van der Waals surface area contributed by atoms with Gasteiger partial charge in [-0.1, -0.05) is 26.0 Å². The van der Waals surface area contributed by atoms with Crippen LogP contribution in [0.1, 0.15) is 20.8 Å². The van der Waals surface area contributed by atoms with Crippen LogP contribution in [0.25, 0.3) is 0 Å². The maximum absolute atomic E-state index is 11.0. The summed E-state index contributed by atoms with van der Waals surface area (Å²) in [5, 5.41) is 2.52. The number of benzene rings is 1. The third kappa shape index (κ3) is 4.90. The molecule has 0 saturated heterocycles. The van der Waals surface area contributed by atoms with Crippen LogP contribution >= 0.6 is 0 Å². The van der Waals surface area contributed by atoms with Crippen molar-refractivity contribution in [2.75, 3.05) is 17.7 Å². The standard InChI is InChI=1S/C9H12N2O2.C2H6/c1-2-13-9(12)11-8-6-4-3-5-7(8)10;1-2/h3-6H,2,10H2,1H3,(H,11,12);1-2H3. The molecule has 0 atom stereocenters. The van der Waals surface area contributed by atoms with Crippen LogP contribution < -0.4 is 11.1 Å². The number of hydrogen-bond donors (Lipinski definition) is 2. The van der Waals surface area contributed by atoms with Crippen molar-refractivity contribution in [1.82, 2.24) is 0 Å². The molecule has 1 rings (SSSR count). The number of anilines is 2. The van der Waals surface area contributed by atoms with E-state index in [0.717, 1.165) is 0 Å². The van der Waals surface area contributed by atoms with E-state index in [-0.39, 0.29) is 0 Å². The minimum atomic E-state index is -0.486. The van der Waals surface area contributed by atoms with Gasteiger partial charge in [-0.25, -0.2) is 4.79 Å². The number of para-hydroxylation sites is 2. The first-order chi connectivity index (χ1) is 7.24. The summed E-state index contributed by atoms with van der Waals surface area (Å²) in [6, 6.07) is 7.01. The molecule has 84 valence electrons. The SMILES string of the molecule is CC.CCOC(=O)Nc1ccccc1N. The van der Waals surface area contributed by atoms with Gasteiger partial charge in [-0.2, -0.15) is 0 Å². The summed E-state index contributed by atoms with van der Waals surface area (Å²) >= 11 is 0. The molecule has 0 bridgehead atoms. The molecular formula is C11H18N2O2. The van der Waals surface area contributed by atoms with Gasteiger partial charge in [-0.15, -0.1) is 0 Å². The number of carbonyl (C=O) groups is 1. The van der Waals surface area contributed by atoms with E-state index in [1.165, 1.54) is 0 Å².